The average molecular weight is 521 g/mol. The second kappa shape index (κ2) is 12.0. The molecule has 2 saturated heterocycles. The van der Waals surface area contributed by atoms with Crippen LogP contribution in [0.2, 0.25) is 0 Å². The summed E-state index contributed by atoms with van der Waals surface area (Å²) in [4.78, 5) is 32.1. The van der Waals surface area contributed by atoms with Crippen LogP contribution in [0.1, 0.15) is 31.1 Å². The van der Waals surface area contributed by atoms with Gasteiger partial charge in [-0.2, -0.15) is 9.97 Å². The van der Waals surface area contributed by atoms with Gasteiger partial charge in [0.15, 0.2) is 5.65 Å². The third kappa shape index (κ3) is 5.72. The number of carbonyl (C=O) groups excluding carboxylic acids is 1. The van der Waals surface area contributed by atoms with Crippen molar-refractivity contribution >= 4 is 28.7 Å². The van der Waals surface area contributed by atoms with E-state index in [0.717, 1.165) is 35.6 Å². The Morgan fingerprint density at radius 1 is 1.03 bits per heavy atom. The number of nitrogens with one attached hydrogen (secondary N) is 1. The highest BCUT2D eigenvalue weighted by Gasteiger charge is 2.27. The van der Waals surface area contributed by atoms with E-state index in [2.05, 4.69) is 29.0 Å². The van der Waals surface area contributed by atoms with Gasteiger partial charge >= 0.3 is 0 Å². The molecule has 0 aliphatic carbocycles. The third-order valence-corrected chi connectivity index (χ3v) is 6.95. The van der Waals surface area contributed by atoms with Crippen molar-refractivity contribution in [3.05, 3.63) is 42.0 Å². The number of pyridine rings is 1. The lowest BCUT2D eigenvalue weighted by molar-refractivity contribution is 0.0922. The number of hydrogen-bond donors (Lipinski definition) is 1. The van der Waals surface area contributed by atoms with Gasteiger partial charge in [-0.25, -0.2) is 4.98 Å². The highest BCUT2D eigenvalue weighted by molar-refractivity contribution is 5.96. The third-order valence-electron chi connectivity index (χ3n) is 6.95. The van der Waals surface area contributed by atoms with Crippen LogP contribution in [0.25, 0.3) is 22.3 Å². The molecule has 4 heterocycles. The van der Waals surface area contributed by atoms with Crippen LogP contribution >= 0.6 is 0 Å². The molecule has 3 aromatic rings. The molecule has 2 aromatic heterocycles. The molecule has 2 atom stereocenters. The van der Waals surface area contributed by atoms with Gasteiger partial charge in [-0.15, -0.1) is 0 Å². The molecule has 5 rings (SSSR count). The van der Waals surface area contributed by atoms with Crippen molar-refractivity contribution in [1.82, 2.24) is 20.3 Å². The summed E-state index contributed by atoms with van der Waals surface area (Å²) >= 11 is 0. The quantitative estimate of drug-likeness (QED) is 0.449. The summed E-state index contributed by atoms with van der Waals surface area (Å²) in [5, 5.41) is 3.80. The van der Waals surface area contributed by atoms with Crippen LogP contribution in [0.3, 0.4) is 0 Å². The molecule has 1 aromatic carbocycles. The number of hydrogen-bond acceptors (Lipinski definition) is 9. The molecule has 2 aliphatic rings. The first-order valence-corrected chi connectivity index (χ1v) is 13.4. The Hall–Kier alpha value is -3.34. The van der Waals surface area contributed by atoms with Gasteiger partial charge in [-0.05, 0) is 45.0 Å². The summed E-state index contributed by atoms with van der Waals surface area (Å²) in [5.74, 6) is 1.40. The van der Waals surface area contributed by atoms with Crippen molar-refractivity contribution in [3.63, 3.8) is 0 Å². The highest BCUT2D eigenvalue weighted by atomic mass is 16.5. The van der Waals surface area contributed by atoms with E-state index in [4.69, 9.17) is 29.2 Å². The molecule has 2 fully saturated rings. The number of amides is 1. The zero-order valence-corrected chi connectivity index (χ0v) is 22.4. The van der Waals surface area contributed by atoms with Gasteiger partial charge in [-0.1, -0.05) is 12.1 Å². The summed E-state index contributed by atoms with van der Waals surface area (Å²) in [6, 6.07) is 11.9. The lowest BCUT2D eigenvalue weighted by Crippen LogP contribution is -2.46. The first kappa shape index (κ1) is 26.3. The second-order valence-electron chi connectivity index (χ2n) is 9.68. The monoisotopic (exact) mass is 520 g/mol. The van der Waals surface area contributed by atoms with Crippen molar-refractivity contribution in [2.24, 2.45) is 0 Å². The maximum Gasteiger partial charge on any atom is 0.251 e. The summed E-state index contributed by atoms with van der Waals surface area (Å²) in [5.41, 5.74) is 2.81. The van der Waals surface area contributed by atoms with E-state index in [0.29, 0.717) is 63.3 Å². The van der Waals surface area contributed by atoms with E-state index in [1.807, 2.05) is 37.3 Å². The smallest absolute Gasteiger partial charge is 0.251 e. The van der Waals surface area contributed by atoms with Crippen LogP contribution in [0.4, 0.5) is 11.8 Å². The molecule has 0 saturated carbocycles. The molecule has 202 valence electrons. The van der Waals surface area contributed by atoms with E-state index in [9.17, 15) is 4.79 Å². The van der Waals surface area contributed by atoms with Gasteiger partial charge in [0, 0.05) is 37.4 Å². The first-order valence-electron chi connectivity index (χ1n) is 13.4. The maximum atomic E-state index is 12.7. The van der Waals surface area contributed by atoms with E-state index < -0.39 is 0 Å². The van der Waals surface area contributed by atoms with Gasteiger partial charge in [0.05, 0.1) is 56.2 Å². The minimum absolute atomic E-state index is 0.137. The van der Waals surface area contributed by atoms with Crippen molar-refractivity contribution in [2.75, 3.05) is 69.1 Å². The molecule has 10 heteroatoms. The normalized spacial score (nSPS) is 20.1. The van der Waals surface area contributed by atoms with Crippen LogP contribution in [-0.4, -0.2) is 92.2 Å². The van der Waals surface area contributed by atoms with Crippen molar-refractivity contribution in [3.8, 4) is 11.3 Å². The Morgan fingerprint density at radius 3 is 2.53 bits per heavy atom. The van der Waals surface area contributed by atoms with Crippen molar-refractivity contribution in [2.45, 2.75) is 32.9 Å². The number of anilines is 2. The van der Waals surface area contributed by atoms with Crippen LogP contribution in [0.15, 0.2) is 36.4 Å². The van der Waals surface area contributed by atoms with E-state index >= 15 is 0 Å². The number of fused-ring (bicyclic) bond motifs is 1. The Kier molecular flexibility index (Phi) is 8.31. The van der Waals surface area contributed by atoms with Crippen LogP contribution in [0.5, 0.6) is 0 Å². The zero-order chi connectivity index (χ0) is 26.5. The van der Waals surface area contributed by atoms with E-state index in [1.165, 1.54) is 0 Å². The largest absolute Gasteiger partial charge is 0.380 e. The van der Waals surface area contributed by atoms with E-state index in [1.54, 1.807) is 6.07 Å². The predicted octanol–water partition coefficient (Wildman–Crippen LogP) is 2.91. The number of rotatable bonds is 8. The van der Waals surface area contributed by atoms with Gasteiger partial charge in [0.1, 0.15) is 5.82 Å². The molecule has 2 aliphatic heterocycles. The van der Waals surface area contributed by atoms with Crippen LogP contribution < -0.4 is 15.1 Å². The fourth-order valence-electron chi connectivity index (χ4n) is 4.86. The minimum atomic E-state index is -0.137. The fourth-order valence-corrected chi connectivity index (χ4v) is 4.86. The molecule has 0 radical (unpaired) electrons. The van der Waals surface area contributed by atoms with Gasteiger partial charge in [0.2, 0.25) is 5.95 Å². The molecule has 10 nitrogen and oxygen atoms in total. The fraction of sp³-hybridized carbons (Fsp3) is 0.500. The molecular formula is C28H36N6O4. The summed E-state index contributed by atoms with van der Waals surface area (Å²) in [6.45, 7) is 11.9. The highest BCUT2D eigenvalue weighted by Crippen LogP contribution is 2.31. The first-order chi connectivity index (χ1) is 18.5. The summed E-state index contributed by atoms with van der Waals surface area (Å²) in [6.07, 6.45) is 0. The molecule has 0 bridgehead atoms. The standard InChI is InChI=1S/C28H36N6O4/c1-4-36-13-10-29-27(35)22-7-5-6-21(16-22)24-9-8-23-25(30-24)31-28(34-12-15-38-18-20(34)3)32-26(23)33-11-14-37-17-19(33)2/h5-9,16,19-20H,4,10-15,17-18H2,1-3H3,(H,29,35)/t19-,20-/m1/s1. The number of benzene rings is 1. The van der Waals surface area contributed by atoms with Crippen molar-refractivity contribution in [1.29, 1.82) is 0 Å². The van der Waals surface area contributed by atoms with Crippen LogP contribution in [-0.2, 0) is 14.2 Å². The van der Waals surface area contributed by atoms with Crippen LogP contribution in [0, 0.1) is 0 Å². The lowest BCUT2D eigenvalue weighted by Gasteiger charge is -2.37. The van der Waals surface area contributed by atoms with Gasteiger partial charge in [-0.3, -0.25) is 4.79 Å². The molecule has 38 heavy (non-hydrogen) atoms. The SMILES string of the molecule is CCOCCNC(=O)c1cccc(-c2ccc3c(N4CCOC[C@H]4C)nc(N4CCOC[C@H]4C)nc3n2)c1. The Bertz CT molecular complexity index is 1270. The van der Waals surface area contributed by atoms with E-state index in [-0.39, 0.29) is 18.0 Å². The Labute approximate surface area is 223 Å². The predicted molar refractivity (Wildman–Crippen MR) is 147 cm³/mol. The Balaban J connectivity index is 1.51. The second-order valence-corrected chi connectivity index (χ2v) is 9.68. The molecule has 0 unspecified atom stereocenters. The van der Waals surface area contributed by atoms with Crippen molar-refractivity contribution < 1.29 is 19.0 Å². The molecular weight excluding hydrogens is 484 g/mol. The molecule has 1 amide bonds. The number of ether oxygens (including phenoxy) is 3. The van der Waals surface area contributed by atoms with Gasteiger partial charge < -0.3 is 29.3 Å². The summed E-state index contributed by atoms with van der Waals surface area (Å²) in [7, 11) is 0. The Morgan fingerprint density at radius 2 is 1.79 bits per heavy atom. The number of morpholine rings is 2. The minimum Gasteiger partial charge on any atom is -0.380 e. The number of nitrogens with zero attached hydrogens (tertiary/aromatic N) is 5. The maximum absolute atomic E-state index is 12.7. The van der Waals surface area contributed by atoms with Gasteiger partial charge in [0.25, 0.3) is 5.91 Å². The lowest BCUT2D eigenvalue weighted by atomic mass is 10.1. The number of carbonyl (C=O) groups is 1. The number of aromatic nitrogens is 3. The topological polar surface area (TPSA) is 102 Å². The average Bonchev–Trinajstić information content (AvgIpc) is 2.95. The zero-order valence-electron chi connectivity index (χ0n) is 22.4. The molecule has 0 spiro atoms. The summed E-state index contributed by atoms with van der Waals surface area (Å²) < 4.78 is 16.7. The molecule has 1 N–H and O–H groups in total.